The molecule has 0 unspecified atom stereocenters. The molecule has 8 rings (SSSR count). The lowest BCUT2D eigenvalue weighted by Crippen LogP contribution is -1.96. The lowest BCUT2D eigenvalue weighted by Gasteiger charge is -2.20. The third-order valence-corrected chi connectivity index (χ3v) is 9.63. The van der Waals surface area contributed by atoms with Gasteiger partial charge in [0.25, 0.3) is 0 Å². The molecule has 1 heteroatoms. The quantitative estimate of drug-likeness (QED) is 0.164. The minimum Gasteiger partial charge on any atom is -0.456 e. The fourth-order valence-electron chi connectivity index (χ4n) is 7.32. The number of furan rings is 1. The molecule has 0 fully saturated rings. The molecule has 0 saturated heterocycles. The maximum atomic E-state index is 6.07. The second kappa shape index (κ2) is 12.3. The summed E-state index contributed by atoms with van der Waals surface area (Å²) in [5.41, 5.74) is 15.2. The van der Waals surface area contributed by atoms with Crippen molar-refractivity contribution in [3.63, 3.8) is 0 Å². The Bertz CT molecular complexity index is 2590. The molecule has 0 aliphatic rings. The van der Waals surface area contributed by atoms with Gasteiger partial charge in [0.15, 0.2) is 0 Å². The van der Waals surface area contributed by atoms with Crippen molar-refractivity contribution >= 4 is 57.0 Å². The first kappa shape index (κ1) is 29.9. The maximum Gasteiger partial charge on any atom is 0.135 e. The summed E-state index contributed by atoms with van der Waals surface area (Å²) >= 11 is 0. The monoisotopic (exact) mass is 626 g/mol. The fourth-order valence-corrected chi connectivity index (χ4v) is 7.32. The van der Waals surface area contributed by atoms with E-state index < -0.39 is 0 Å². The van der Waals surface area contributed by atoms with Gasteiger partial charge in [-0.2, -0.15) is 0 Å². The molecular weight excluding hydrogens is 593 g/mol. The van der Waals surface area contributed by atoms with Crippen LogP contribution in [0.2, 0.25) is 0 Å². The summed E-state index contributed by atoms with van der Waals surface area (Å²) in [6, 6.07) is 47.2. The Morgan fingerprint density at radius 3 is 1.47 bits per heavy atom. The van der Waals surface area contributed by atoms with Gasteiger partial charge >= 0.3 is 0 Å². The van der Waals surface area contributed by atoms with Crippen LogP contribution in [0.25, 0.3) is 102 Å². The fraction of sp³-hybridized carbons (Fsp3) is 0. The molecule has 0 aliphatic heterocycles. The minimum absolute atomic E-state index is 0.902. The molecule has 1 heterocycles. The average Bonchev–Trinajstić information content (AvgIpc) is 3.54. The molecule has 1 aromatic heterocycles. The zero-order chi connectivity index (χ0) is 33.5. The third kappa shape index (κ3) is 4.96. The normalized spacial score (nSPS) is 11.2. The topological polar surface area (TPSA) is 13.1 Å². The highest BCUT2D eigenvalue weighted by atomic mass is 16.3. The lowest BCUT2D eigenvalue weighted by atomic mass is 9.83. The molecule has 49 heavy (non-hydrogen) atoms. The van der Waals surface area contributed by atoms with E-state index >= 15 is 0 Å². The first-order valence-corrected chi connectivity index (χ1v) is 16.5. The highest BCUT2D eigenvalue weighted by Crippen LogP contribution is 2.44. The molecule has 232 valence electrons. The van der Waals surface area contributed by atoms with E-state index in [2.05, 4.69) is 148 Å². The zero-order valence-electron chi connectivity index (χ0n) is 27.2. The van der Waals surface area contributed by atoms with E-state index in [0.717, 1.165) is 88.7 Å². The zero-order valence-corrected chi connectivity index (χ0v) is 27.2. The summed E-state index contributed by atoms with van der Waals surface area (Å²) in [5.74, 6) is 0. The van der Waals surface area contributed by atoms with E-state index in [1.807, 2.05) is 36.4 Å². The van der Waals surface area contributed by atoms with E-state index in [1.165, 1.54) is 10.8 Å². The summed E-state index contributed by atoms with van der Waals surface area (Å²) in [6.45, 7) is 16.6. The predicted molar refractivity (Wildman–Crippen MR) is 213 cm³/mol. The number of hydrogen-bond acceptors (Lipinski definition) is 1. The van der Waals surface area contributed by atoms with Crippen LogP contribution >= 0.6 is 0 Å². The van der Waals surface area contributed by atoms with Crippen LogP contribution in [0.4, 0.5) is 0 Å². The van der Waals surface area contributed by atoms with Crippen molar-refractivity contribution < 1.29 is 4.42 Å². The Hall–Kier alpha value is -6.44. The minimum atomic E-state index is 0.902. The molecule has 7 aromatic carbocycles. The van der Waals surface area contributed by atoms with Gasteiger partial charge in [0.1, 0.15) is 11.2 Å². The largest absolute Gasteiger partial charge is 0.456 e. The second-order valence-electron chi connectivity index (χ2n) is 12.2. The molecule has 0 radical (unpaired) electrons. The van der Waals surface area contributed by atoms with Crippen molar-refractivity contribution in [1.29, 1.82) is 0 Å². The summed E-state index contributed by atoms with van der Waals surface area (Å²) in [5, 5.41) is 4.61. The predicted octanol–water partition coefficient (Wildman–Crippen LogP) is 14.0. The van der Waals surface area contributed by atoms with Gasteiger partial charge < -0.3 is 4.42 Å². The Morgan fingerprint density at radius 1 is 0.367 bits per heavy atom. The average molecular weight is 627 g/mol. The number of fused-ring (bicyclic) bond motifs is 4. The van der Waals surface area contributed by atoms with Crippen LogP contribution in [0, 0.1) is 0 Å². The summed E-state index contributed by atoms with van der Waals surface area (Å²) in [4.78, 5) is 0. The molecule has 0 spiro atoms. The Kier molecular flexibility index (Phi) is 7.51. The number of rotatable bonds is 8. The molecule has 8 aromatic rings. The van der Waals surface area contributed by atoms with Gasteiger partial charge in [0, 0.05) is 10.8 Å². The Morgan fingerprint density at radius 2 is 0.878 bits per heavy atom. The molecule has 0 atom stereocenters. The Balaban J connectivity index is 1.24. The second-order valence-corrected chi connectivity index (χ2v) is 12.2. The molecular formula is C48H34O. The van der Waals surface area contributed by atoms with Crippen molar-refractivity contribution in [2.24, 2.45) is 0 Å². The smallest absolute Gasteiger partial charge is 0.135 e. The van der Waals surface area contributed by atoms with Crippen molar-refractivity contribution in [3.05, 3.63) is 182 Å². The van der Waals surface area contributed by atoms with Gasteiger partial charge in [-0.1, -0.05) is 166 Å². The summed E-state index contributed by atoms with van der Waals surface area (Å²) in [6.07, 6.45) is 7.73. The van der Waals surface area contributed by atoms with Crippen molar-refractivity contribution in [1.82, 2.24) is 0 Å². The van der Waals surface area contributed by atoms with Crippen LogP contribution in [0.3, 0.4) is 0 Å². The van der Waals surface area contributed by atoms with Crippen LogP contribution < -0.4 is 0 Å². The van der Waals surface area contributed by atoms with Crippen molar-refractivity contribution in [2.45, 2.75) is 0 Å². The summed E-state index contributed by atoms with van der Waals surface area (Å²) in [7, 11) is 0. The van der Waals surface area contributed by atoms with Crippen LogP contribution in [-0.2, 0) is 0 Å². The van der Waals surface area contributed by atoms with Crippen molar-refractivity contribution in [2.75, 3.05) is 0 Å². The highest BCUT2D eigenvalue weighted by Gasteiger charge is 2.19. The van der Waals surface area contributed by atoms with Crippen LogP contribution in [0.15, 0.2) is 164 Å². The Labute approximate surface area is 287 Å². The van der Waals surface area contributed by atoms with Gasteiger partial charge in [-0.25, -0.2) is 0 Å². The number of para-hydroxylation sites is 1. The van der Waals surface area contributed by atoms with Crippen molar-refractivity contribution in [3.8, 4) is 44.5 Å². The van der Waals surface area contributed by atoms with Crippen LogP contribution in [0.1, 0.15) is 22.3 Å². The van der Waals surface area contributed by atoms with Gasteiger partial charge in [-0.3, -0.25) is 0 Å². The molecule has 0 bridgehead atoms. The maximum absolute atomic E-state index is 6.07. The molecule has 0 saturated carbocycles. The van der Waals surface area contributed by atoms with Gasteiger partial charge in [0.2, 0.25) is 0 Å². The van der Waals surface area contributed by atoms with E-state index in [-0.39, 0.29) is 0 Å². The number of hydrogen-bond donors (Lipinski definition) is 0. The van der Waals surface area contributed by atoms with Crippen LogP contribution in [0.5, 0.6) is 0 Å². The van der Waals surface area contributed by atoms with E-state index in [0.29, 0.717) is 0 Å². The standard InChI is InChI=1S/C48H34O/c1-5-31-14-13-18-40(37(31)6-2)33-22-26-35(27-23-33)48-39(8-4)38(7-3)47(42-16-9-10-17-43(42)48)34-24-20-32(21-25-34)36-28-29-46-44(30-36)41-15-11-12-19-45(41)49-46/h5-30H,1-4H2. The lowest BCUT2D eigenvalue weighted by molar-refractivity contribution is 0.669. The molecule has 0 aliphatic carbocycles. The first-order chi connectivity index (χ1) is 24.1. The SMILES string of the molecule is C=Cc1cccc(-c2ccc(-c3c(C=C)c(C=C)c(-c4ccc(-c5ccc6oc7ccccc7c6c5)cc4)c4ccccc34)cc2)c1C=C. The molecule has 0 N–H and O–H groups in total. The third-order valence-electron chi connectivity index (χ3n) is 9.63. The first-order valence-electron chi connectivity index (χ1n) is 16.5. The van der Waals surface area contributed by atoms with Crippen LogP contribution in [-0.4, -0.2) is 0 Å². The van der Waals surface area contributed by atoms with Gasteiger partial charge in [0.05, 0.1) is 0 Å². The highest BCUT2D eigenvalue weighted by molar-refractivity contribution is 6.12. The molecule has 1 nitrogen and oxygen atoms in total. The number of benzene rings is 7. The van der Waals surface area contributed by atoms with E-state index in [4.69, 9.17) is 4.42 Å². The summed E-state index contributed by atoms with van der Waals surface area (Å²) < 4.78 is 6.07. The van der Waals surface area contributed by atoms with Gasteiger partial charge in [-0.15, -0.1) is 0 Å². The van der Waals surface area contributed by atoms with E-state index in [1.54, 1.807) is 0 Å². The molecule has 0 amide bonds. The van der Waals surface area contributed by atoms with Gasteiger partial charge in [-0.05, 0) is 95.7 Å². The van der Waals surface area contributed by atoms with E-state index in [9.17, 15) is 0 Å².